The molecule has 0 bridgehead atoms. The third-order valence-electron chi connectivity index (χ3n) is 5.66. The maximum Gasteiger partial charge on any atom is 0.256 e. The first-order valence-electron chi connectivity index (χ1n) is 9.12. The molecule has 26 heavy (non-hydrogen) atoms. The minimum atomic E-state index is -2.44. The van der Waals surface area contributed by atoms with Crippen LogP contribution in [0.4, 0.5) is 13.2 Å². The molecule has 3 atom stereocenters. The minimum Gasteiger partial charge on any atom is -0.326 e. The van der Waals surface area contributed by atoms with E-state index in [1.54, 1.807) is 23.6 Å². The van der Waals surface area contributed by atoms with Gasteiger partial charge in [0.25, 0.3) is 6.43 Å². The van der Waals surface area contributed by atoms with Crippen molar-refractivity contribution >= 4 is 0 Å². The average Bonchev–Trinajstić information content (AvgIpc) is 3.19. The lowest BCUT2D eigenvalue weighted by atomic mass is 9.77. The van der Waals surface area contributed by atoms with Crippen molar-refractivity contribution in [1.82, 2.24) is 20.4 Å². The summed E-state index contributed by atoms with van der Waals surface area (Å²) < 4.78 is 41.4. The number of hydrogen-bond acceptors (Lipinski definition) is 3. The van der Waals surface area contributed by atoms with Crippen LogP contribution in [0.25, 0.3) is 11.3 Å². The second-order valence-electron chi connectivity index (χ2n) is 7.30. The number of alkyl halides is 2. The molecule has 2 N–H and O–H groups in total. The molecule has 1 aliphatic carbocycles. The Morgan fingerprint density at radius 2 is 2.00 bits per heavy atom. The molecule has 4 nitrogen and oxygen atoms in total. The Morgan fingerprint density at radius 3 is 2.73 bits per heavy atom. The number of halogens is 3. The molecule has 3 unspecified atom stereocenters. The zero-order valence-electron chi connectivity index (χ0n) is 14.7. The van der Waals surface area contributed by atoms with Crippen LogP contribution in [0.5, 0.6) is 0 Å². The van der Waals surface area contributed by atoms with Gasteiger partial charge < -0.3 is 4.57 Å². The summed E-state index contributed by atoms with van der Waals surface area (Å²) in [5.41, 5.74) is 8.88. The Bertz CT molecular complexity index is 772. The van der Waals surface area contributed by atoms with E-state index in [2.05, 4.69) is 15.8 Å². The Morgan fingerprint density at radius 1 is 1.23 bits per heavy atom. The van der Waals surface area contributed by atoms with Crippen LogP contribution in [0.1, 0.15) is 36.7 Å². The van der Waals surface area contributed by atoms with Gasteiger partial charge in [-0.3, -0.25) is 10.9 Å². The monoisotopic (exact) mass is 364 g/mol. The van der Waals surface area contributed by atoms with Gasteiger partial charge in [-0.2, -0.15) is 0 Å². The van der Waals surface area contributed by atoms with Crippen molar-refractivity contribution in [2.75, 3.05) is 6.54 Å². The van der Waals surface area contributed by atoms with E-state index in [-0.39, 0.29) is 18.3 Å². The highest BCUT2D eigenvalue weighted by atomic mass is 19.3. The van der Waals surface area contributed by atoms with E-state index in [1.807, 2.05) is 0 Å². The lowest BCUT2D eigenvalue weighted by Crippen LogP contribution is -2.35. The van der Waals surface area contributed by atoms with Gasteiger partial charge in [0.1, 0.15) is 11.6 Å². The second kappa shape index (κ2) is 7.04. The van der Waals surface area contributed by atoms with Crippen molar-refractivity contribution in [1.29, 1.82) is 0 Å². The average molecular weight is 364 g/mol. The third-order valence-corrected chi connectivity index (χ3v) is 5.66. The van der Waals surface area contributed by atoms with Gasteiger partial charge in [0, 0.05) is 29.8 Å². The van der Waals surface area contributed by atoms with Gasteiger partial charge in [-0.05, 0) is 56.4 Å². The number of fused-ring (bicyclic) bond motifs is 1. The SMILES string of the molecule is Cc1nc(-c2ccc(F)cc2)c(C2CCC3NNCC3C2)n1CC(F)F. The topological polar surface area (TPSA) is 41.9 Å². The van der Waals surface area contributed by atoms with Gasteiger partial charge in [0.05, 0.1) is 12.2 Å². The fourth-order valence-corrected chi connectivity index (χ4v) is 4.43. The third kappa shape index (κ3) is 3.25. The fraction of sp³-hybridized carbons (Fsp3) is 0.526. The number of hydrazine groups is 1. The fourth-order valence-electron chi connectivity index (χ4n) is 4.43. The van der Waals surface area contributed by atoms with E-state index < -0.39 is 6.43 Å². The molecule has 7 heteroatoms. The molecule has 2 fully saturated rings. The molecular formula is C19H23F3N4. The molecule has 2 aliphatic rings. The van der Waals surface area contributed by atoms with Crippen LogP contribution in [0.3, 0.4) is 0 Å². The Labute approximate surface area is 150 Å². The number of aromatic nitrogens is 2. The molecule has 0 radical (unpaired) electrons. The van der Waals surface area contributed by atoms with Crippen molar-refractivity contribution in [2.45, 2.75) is 51.1 Å². The van der Waals surface area contributed by atoms with E-state index in [0.29, 0.717) is 23.5 Å². The minimum absolute atomic E-state index is 0.179. The summed E-state index contributed by atoms with van der Waals surface area (Å²) in [5, 5.41) is 0. The number of nitrogens with one attached hydrogen (secondary N) is 2. The van der Waals surface area contributed by atoms with Crippen LogP contribution in [-0.4, -0.2) is 28.6 Å². The van der Waals surface area contributed by atoms with E-state index in [0.717, 1.165) is 37.1 Å². The predicted octanol–water partition coefficient (Wildman–Crippen LogP) is 3.62. The first-order valence-corrected chi connectivity index (χ1v) is 9.12. The maximum atomic E-state index is 13.3. The number of rotatable bonds is 4. The quantitative estimate of drug-likeness (QED) is 0.871. The van der Waals surface area contributed by atoms with Crippen molar-refractivity contribution in [3.63, 3.8) is 0 Å². The van der Waals surface area contributed by atoms with E-state index in [1.165, 1.54) is 12.1 Å². The molecular weight excluding hydrogens is 341 g/mol. The summed E-state index contributed by atoms with van der Waals surface area (Å²) in [6.07, 6.45) is 0.435. The molecule has 140 valence electrons. The molecule has 2 aromatic rings. The van der Waals surface area contributed by atoms with Gasteiger partial charge >= 0.3 is 0 Å². The normalized spacial score (nSPS) is 25.7. The van der Waals surface area contributed by atoms with Gasteiger partial charge in [0.15, 0.2) is 0 Å². The molecule has 1 saturated heterocycles. The van der Waals surface area contributed by atoms with Crippen molar-refractivity contribution in [3.05, 3.63) is 41.6 Å². The molecule has 0 amide bonds. The standard InChI is InChI=1S/C19H23F3N4/c1-11-24-18(12-2-5-15(20)6-3-12)19(26(11)10-17(21)22)13-4-7-16-14(8-13)9-23-25-16/h2-3,5-6,13-14,16-17,23,25H,4,7-10H2,1H3. The van der Waals surface area contributed by atoms with Crippen molar-refractivity contribution in [3.8, 4) is 11.3 Å². The smallest absolute Gasteiger partial charge is 0.256 e. The molecule has 1 aromatic carbocycles. The summed E-state index contributed by atoms with van der Waals surface area (Å²) in [7, 11) is 0. The number of nitrogens with zero attached hydrogens (tertiary/aromatic N) is 2. The molecule has 4 rings (SSSR count). The summed E-state index contributed by atoms with van der Waals surface area (Å²) in [6, 6.07) is 6.59. The zero-order chi connectivity index (χ0) is 18.3. The van der Waals surface area contributed by atoms with Gasteiger partial charge in [0.2, 0.25) is 0 Å². The first kappa shape index (κ1) is 17.5. The van der Waals surface area contributed by atoms with Crippen LogP contribution >= 0.6 is 0 Å². The van der Waals surface area contributed by atoms with E-state index in [9.17, 15) is 13.2 Å². The summed E-state index contributed by atoms with van der Waals surface area (Å²) in [4.78, 5) is 4.60. The van der Waals surface area contributed by atoms with E-state index >= 15 is 0 Å². The summed E-state index contributed by atoms with van der Waals surface area (Å²) in [5.74, 6) is 0.940. The maximum absolute atomic E-state index is 13.3. The highest BCUT2D eigenvalue weighted by Crippen LogP contribution is 2.41. The van der Waals surface area contributed by atoms with E-state index in [4.69, 9.17) is 0 Å². The molecule has 0 spiro atoms. The van der Waals surface area contributed by atoms with Crippen molar-refractivity contribution < 1.29 is 13.2 Å². The molecule has 1 saturated carbocycles. The number of hydrogen-bond donors (Lipinski definition) is 2. The van der Waals surface area contributed by atoms with Gasteiger partial charge in [-0.25, -0.2) is 18.2 Å². The van der Waals surface area contributed by atoms with Crippen LogP contribution in [0, 0.1) is 18.7 Å². The predicted molar refractivity (Wildman–Crippen MR) is 93.4 cm³/mol. The first-order chi connectivity index (χ1) is 12.5. The van der Waals surface area contributed by atoms with Gasteiger partial charge in [-0.1, -0.05) is 0 Å². The molecule has 1 aliphatic heterocycles. The van der Waals surface area contributed by atoms with Crippen LogP contribution in [0.2, 0.25) is 0 Å². The zero-order valence-corrected chi connectivity index (χ0v) is 14.7. The van der Waals surface area contributed by atoms with Crippen LogP contribution < -0.4 is 10.9 Å². The number of aryl methyl sites for hydroxylation is 1. The molecule has 2 heterocycles. The number of imidazole rings is 1. The van der Waals surface area contributed by atoms with Crippen molar-refractivity contribution in [2.24, 2.45) is 5.92 Å². The Balaban J connectivity index is 1.75. The number of benzene rings is 1. The van der Waals surface area contributed by atoms with Gasteiger partial charge in [-0.15, -0.1) is 0 Å². The molecule has 1 aromatic heterocycles. The lowest BCUT2D eigenvalue weighted by molar-refractivity contribution is 0.123. The largest absolute Gasteiger partial charge is 0.326 e. The summed E-state index contributed by atoms with van der Waals surface area (Å²) >= 11 is 0. The van der Waals surface area contributed by atoms with Crippen LogP contribution in [-0.2, 0) is 6.54 Å². The Kier molecular flexibility index (Phi) is 4.75. The Hall–Kier alpha value is -1.86. The highest BCUT2D eigenvalue weighted by Gasteiger charge is 2.37. The summed E-state index contributed by atoms with van der Waals surface area (Å²) in [6.45, 7) is 2.31. The highest BCUT2D eigenvalue weighted by molar-refractivity contribution is 5.63. The lowest BCUT2D eigenvalue weighted by Gasteiger charge is -2.32. The second-order valence-corrected chi connectivity index (χ2v) is 7.30. The van der Waals surface area contributed by atoms with Crippen LogP contribution in [0.15, 0.2) is 24.3 Å².